The van der Waals surface area contributed by atoms with E-state index in [1.54, 1.807) is 12.1 Å². The highest BCUT2D eigenvalue weighted by Crippen LogP contribution is 2.39. The second-order valence-electron chi connectivity index (χ2n) is 3.94. The SMILES string of the molecule is COc1c(S(=O)(=O)O)cc(OS(=O)(=O)O)c2ccccc12. The molecule has 0 bridgehead atoms. The second-order valence-corrected chi connectivity index (χ2v) is 6.35. The molecule has 0 unspecified atom stereocenters. The van der Waals surface area contributed by atoms with E-state index in [-0.39, 0.29) is 16.5 Å². The van der Waals surface area contributed by atoms with Crippen molar-refractivity contribution in [3.05, 3.63) is 30.3 Å². The Kier molecular flexibility index (Phi) is 3.80. The molecule has 2 aromatic carbocycles. The molecule has 0 saturated carbocycles. The first-order chi connectivity index (χ1) is 9.63. The lowest BCUT2D eigenvalue weighted by Gasteiger charge is -2.13. The van der Waals surface area contributed by atoms with E-state index in [2.05, 4.69) is 4.18 Å². The van der Waals surface area contributed by atoms with Gasteiger partial charge in [0, 0.05) is 16.8 Å². The summed E-state index contributed by atoms with van der Waals surface area (Å²) in [5, 5.41) is 0.369. The van der Waals surface area contributed by atoms with Gasteiger partial charge in [0.2, 0.25) is 0 Å². The van der Waals surface area contributed by atoms with Crippen LogP contribution in [-0.2, 0) is 20.5 Å². The van der Waals surface area contributed by atoms with Crippen LogP contribution in [0.1, 0.15) is 0 Å². The van der Waals surface area contributed by atoms with Crippen molar-refractivity contribution in [3.8, 4) is 11.5 Å². The molecular formula is C11H10O8S2. The molecule has 0 aliphatic rings. The first-order valence-electron chi connectivity index (χ1n) is 5.37. The van der Waals surface area contributed by atoms with Crippen LogP contribution in [0.3, 0.4) is 0 Å². The Morgan fingerprint density at radius 1 is 1.00 bits per heavy atom. The van der Waals surface area contributed by atoms with Gasteiger partial charge in [-0.25, -0.2) is 0 Å². The van der Waals surface area contributed by atoms with Crippen molar-refractivity contribution in [2.24, 2.45) is 0 Å². The molecule has 0 heterocycles. The summed E-state index contributed by atoms with van der Waals surface area (Å²) in [6.45, 7) is 0. The van der Waals surface area contributed by atoms with Gasteiger partial charge < -0.3 is 8.92 Å². The Bertz CT molecular complexity index is 899. The van der Waals surface area contributed by atoms with Crippen LogP contribution in [0.25, 0.3) is 10.8 Å². The molecule has 2 aromatic rings. The maximum Gasteiger partial charge on any atom is 0.446 e. The van der Waals surface area contributed by atoms with Gasteiger partial charge in [-0.15, -0.1) is 0 Å². The first-order valence-corrected chi connectivity index (χ1v) is 8.18. The van der Waals surface area contributed by atoms with E-state index in [1.165, 1.54) is 19.2 Å². The highest BCUT2D eigenvalue weighted by atomic mass is 32.3. The van der Waals surface area contributed by atoms with Gasteiger partial charge in [0.05, 0.1) is 7.11 Å². The lowest BCUT2D eigenvalue weighted by Crippen LogP contribution is -2.09. The normalized spacial score (nSPS) is 12.3. The summed E-state index contributed by atoms with van der Waals surface area (Å²) in [6.07, 6.45) is 0. The zero-order chi connectivity index (χ0) is 15.8. The summed E-state index contributed by atoms with van der Waals surface area (Å²) < 4.78 is 71.7. The molecule has 0 aliphatic heterocycles. The molecule has 2 N–H and O–H groups in total. The van der Waals surface area contributed by atoms with Gasteiger partial charge in [0.15, 0.2) is 5.75 Å². The molecule has 21 heavy (non-hydrogen) atoms. The molecule has 0 spiro atoms. The minimum absolute atomic E-state index is 0.171. The Morgan fingerprint density at radius 2 is 1.57 bits per heavy atom. The van der Waals surface area contributed by atoms with E-state index in [0.29, 0.717) is 0 Å². The standard InChI is InChI=1S/C11H10O8S2/c1-18-11-8-5-3-2-4-7(8)9(19-21(15,16)17)6-10(11)20(12,13)14/h2-6H,1H3,(H,12,13,14)(H,15,16,17). The average Bonchev–Trinajstić information content (AvgIpc) is 2.35. The van der Waals surface area contributed by atoms with Crippen LogP contribution >= 0.6 is 0 Å². The van der Waals surface area contributed by atoms with Crippen molar-refractivity contribution in [1.82, 2.24) is 0 Å². The molecule has 2 rings (SSSR count). The molecule has 10 heteroatoms. The number of methoxy groups -OCH3 is 1. The lowest BCUT2D eigenvalue weighted by atomic mass is 10.1. The third-order valence-corrected chi connectivity index (χ3v) is 3.85. The summed E-state index contributed by atoms with van der Waals surface area (Å²) in [6, 6.07) is 6.73. The fraction of sp³-hybridized carbons (Fsp3) is 0.0909. The lowest BCUT2D eigenvalue weighted by molar-refractivity contribution is 0.384. The summed E-state index contributed by atoms with van der Waals surface area (Å²) in [4.78, 5) is -0.678. The van der Waals surface area contributed by atoms with Crippen molar-refractivity contribution < 1.29 is 34.9 Å². The van der Waals surface area contributed by atoms with Gasteiger partial charge in [-0.3, -0.25) is 9.11 Å². The largest absolute Gasteiger partial charge is 0.495 e. The molecule has 0 saturated heterocycles. The van der Waals surface area contributed by atoms with Crippen molar-refractivity contribution in [1.29, 1.82) is 0 Å². The van der Waals surface area contributed by atoms with E-state index in [4.69, 9.17) is 9.29 Å². The van der Waals surface area contributed by atoms with Crippen LogP contribution in [-0.4, -0.2) is 33.1 Å². The summed E-state index contributed by atoms with van der Waals surface area (Å²) in [7, 11) is -8.37. The molecular weight excluding hydrogens is 324 g/mol. The van der Waals surface area contributed by atoms with Gasteiger partial charge in [-0.1, -0.05) is 24.3 Å². The third-order valence-electron chi connectivity index (χ3n) is 2.60. The highest BCUT2D eigenvalue weighted by Gasteiger charge is 2.23. The average molecular weight is 334 g/mol. The van der Waals surface area contributed by atoms with Crippen LogP contribution in [0.5, 0.6) is 11.5 Å². The number of hydrogen-bond donors (Lipinski definition) is 2. The molecule has 0 fully saturated rings. The van der Waals surface area contributed by atoms with Crippen LogP contribution in [0.15, 0.2) is 35.2 Å². The summed E-state index contributed by atoms with van der Waals surface area (Å²) in [5.74, 6) is -0.627. The minimum Gasteiger partial charge on any atom is -0.495 e. The summed E-state index contributed by atoms with van der Waals surface area (Å²) >= 11 is 0. The molecule has 0 aromatic heterocycles. The predicted octanol–water partition coefficient (Wildman–Crippen LogP) is 1.28. The number of hydrogen-bond acceptors (Lipinski definition) is 6. The van der Waals surface area contributed by atoms with E-state index >= 15 is 0 Å². The maximum atomic E-state index is 11.4. The molecule has 0 aliphatic carbocycles. The number of benzene rings is 2. The van der Waals surface area contributed by atoms with E-state index in [9.17, 15) is 21.4 Å². The summed E-state index contributed by atoms with van der Waals surface area (Å²) in [5.41, 5.74) is 0. The van der Waals surface area contributed by atoms with Gasteiger partial charge in [0.25, 0.3) is 10.1 Å². The monoisotopic (exact) mass is 334 g/mol. The third kappa shape index (κ3) is 3.24. The zero-order valence-electron chi connectivity index (χ0n) is 10.5. The van der Waals surface area contributed by atoms with Crippen LogP contribution in [0.4, 0.5) is 0 Å². The molecule has 8 nitrogen and oxygen atoms in total. The van der Waals surface area contributed by atoms with E-state index in [0.717, 1.165) is 6.07 Å². The highest BCUT2D eigenvalue weighted by molar-refractivity contribution is 7.86. The topological polar surface area (TPSA) is 127 Å². The van der Waals surface area contributed by atoms with E-state index < -0.39 is 31.2 Å². The van der Waals surface area contributed by atoms with Gasteiger partial charge >= 0.3 is 10.4 Å². The smallest absolute Gasteiger partial charge is 0.446 e. The van der Waals surface area contributed by atoms with Crippen molar-refractivity contribution in [3.63, 3.8) is 0 Å². The quantitative estimate of drug-likeness (QED) is 0.800. The molecule has 0 amide bonds. The van der Waals surface area contributed by atoms with Gasteiger partial charge in [-0.2, -0.15) is 16.8 Å². The van der Waals surface area contributed by atoms with Crippen LogP contribution in [0.2, 0.25) is 0 Å². The zero-order valence-corrected chi connectivity index (χ0v) is 12.2. The fourth-order valence-electron chi connectivity index (χ4n) is 1.88. The Hall–Kier alpha value is -1.88. The van der Waals surface area contributed by atoms with Gasteiger partial charge in [0.1, 0.15) is 10.6 Å². The molecule has 0 radical (unpaired) electrons. The Morgan fingerprint density at radius 3 is 2.05 bits per heavy atom. The van der Waals surface area contributed by atoms with Gasteiger partial charge in [-0.05, 0) is 0 Å². The van der Waals surface area contributed by atoms with Crippen molar-refractivity contribution >= 4 is 31.3 Å². The molecule has 114 valence electrons. The minimum atomic E-state index is -4.87. The Balaban J connectivity index is 2.93. The fourth-order valence-corrected chi connectivity index (χ4v) is 2.92. The number of ether oxygens (including phenoxy) is 1. The van der Waals surface area contributed by atoms with Crippen LogP contribution in [0, 0.1) is 0 Å². The van der Waals surface area contributed by atoms with Crippen LogP contribution < -0.4 is 8.92 Å². The number of fused-ring (bicyclic) bond motifs is 1. The van der Waals surface area contributed by atoms with E-state index in [1.807, 2.05) is 0 Å². The molecule has 0 atom stereocenters. The Labute approximate surface area is 120 Å². The van der Waals surface area contributed by atoms with Crippen molar-refractivity contribution in [2.75, 3.05) is 7.11 Å². The second kappa shape index (κ2) is 5.15. The first kappa shape index (κ1) is 15.5. The van der Waals surface area contributed by atoms with Crippen molar-refractivity contribution in [2.45, 2.75) is 4.90 Å². The predicted molar refractivity (Wildman–Crippen MR) is 72.5 cm³/mol. The maximum absolute atomic E-state index is 11.4. The number of rotatable bonds is 4.